The molecule has 0 bridgehead atoms. The molecule has 0 radical (unpaired) electrons. The van der Waals surface area contributed by atoms with Gasteiger partial charge in [0.1, 0.15) is 0 Å². The number of allylic oxidation sites excluding steroid dienone is 3. The molecule has 0 aromatic carbocycles. The Kier molecular flexibility index (Phi) is 4.26. The van der Waals surface area contributed by atoms with Gasteiger partial charge in [-0.05, 0) is 0 Å². The zero-order valence-electron chi connectivity index (χ0n) is 7.58. The molecule has 54 valence electrons. The van der Waals surface area contributed by atoms with Crippen molar-refractivity contribution in [2.75, 3.05) is 0 Å². The summed E-state index contributed by atoms with van der Waals surface area (Å²) < 4.78 is 0.666. The predicted molar refractivity (Wildman–Crippen MR) is 50.1 cm³/mol. The van der Waals surface area contributed by atoms with Crippen LogP contribution in [0.15, 0.2) is 23.8 Å². The van der Waals surface area contributed by atoms with Crippen LogP contribution in [0.25, 0.3) is 0 Å². The van der Waals surface area contributed by atoms with E-state index < -0.39 is 0 Å². The van der Waals surface area contributed by atoms with E-state index >= 15 is 0 Å². The number of hydrogen-bond acceptors (Lipinski definition) is 1. The molecule has 12 heavy (non-hydrogen) atoms. The quantitative estimate of drug-likeness (QED) is 0.444. The van der Waals surface area contributed by atoms with E-state index in [0.29, 0.717) is 4.59 Å². The third-order valence-corrected chi connectivity index (χ3v) is 2.47. The number of carbonyl (C=O) groups excluding carboxylic acids is 1. The van der Waals surface area contributed by atoms with E-state index in [2.05, 4.69) is 41.3 Å². The van der Waals surface area contributed by atoms with Crippen molar-refractivity contribution >= 4 is 41.8 Å². The molecule has 2 atom stereocenters. The Balaban J connectivity index is 2.46. The standard InChI is InChI=1S/C8H9NO.2Li/c10-7-9-6-5-8-3-1-2-4-8;;/h1-3,5-7H,4H2,(H,9,10);;. The molecule has 0 spiro atoms. The second-order valence-electron chi connectivity index (χ2n) is 3.24. The van der Waals surface area contributed by atoms with Gasteiger partial charge < -0.3 is 0 Å². The fourth-order valence-electron chi connectivity index (χ4n) is 1.37. The van der Waals surface area contributed by atoms with E-state index in [1.54, 1.807) is 0 Å². The van der Waals surface area contributed by atoms with Gasteiger partial charge in [0.25, 0.3) is 0 Å². The molecular weight excluding hydrogens is 140 g/mol. The second kappa shape index (κ2) is 5.00. The van der Waals surface area contributed by atoms with Crippen molar-refractivity contribution in [3.8, 4) is 0 Å². The first-order valence-electron chi connectivity index (χ1n) is 4.31. The van der Waals surface area contributed by atoms with Crippen LogP contribution in [-0.4, -0.2) is 46.6 Å². The van der Waals surface area contributed by atoms with Gasteiger partial charge in [0.05, 0.1) is 0 Å². The van der Waals surface area contributed by atoms with E-state index in [1.165, 1.54) is 5.57 Å². The average molecular weight is 149 g/mol. The molecule has 0 aliphatic heterocycles. The maximum atomic E-state index is 10.2. The molecule has 2 unspecified atom stereocenters. The first-order chi connectivity index (χ1) is 5.75. The zero-order chi connectivity index (χ0) is 8.97. The molecule has 0 saturated carbocycles. The number of hydrogen-bond donors (Lipinski definition) is 1. The first-order valence-corrected chi connectivity index (χ1v) is 4.31. The maximum absolute atomic E-state index is 10.2. The van der Waals surface area contributed by atoms with Gasteiger partial charge in [0, 0.05) is 0 Å². The van der Waals surface area contributed by atoms with Gasteiger partial charge in [0.2, 0.25) is 0 Å². The van der Waals surface area contributed by atoms with Crippen LogP contribution >= 0.6 is 0 Å². The number of rotatable bonds is 4. The van der Waals surface area contributed by atoms with Gasteiger partial charge in [-0.15, -0.1) is 0 Å². The monoisotopic (exact) mass is 149 g/mol. The van der Waals surface area contributed by atoms with Crippen LogP contribution in [0.1, 0.15) is 6.42 Å². The molecular formula is C8H9Li2NO. The third kappa shape index (κ3) is 2.58. The minimum atomic E-state index is 0.230. The zero-order valence-corrected chi connectivity index (χ0v) is 7.58. The fourth-order valence-corrected chi connectivity index (χ4v) is 1.37. The van der Waals surface area contributed by atoms with Crippen molar-refractivity contribution in [2.24, 2.45) is 0 Å². The van der Waals surface area contributed by atoms with Crippen LogP contribution in [0, 0.1) is 0 Å². The number of amides is 1. The summed E-state index contributed by atoms with van der Waals surface area (Å²) >= 11 is 4.16. The third-order valence-electron chi connectivity index (χ3n) is 2.47. The predicted octanol–water partition coefficient (Wildman–Crippen LogP) is 0.0703. The Labute approximate surface area is 91.3 Å². The van der Waals surface area contributed by atoms with Crippen molar-refractivity contribution in [1.29, 1.82) is 0 Å². The average Bonchev–Trinajstić information content (AvgIpc) is 2.55. The summed E-state index contributed by atoms with van der Waals surface area (Å²) in [6.45, 7) is 0. The molecule has 1 N–H and O–H groups in total. The van der Waals surface area contributed by atoms with Crippen LogP contribution in [0.2, 0.25) is 4.59 Å². The summed E-state index contributed by atoms with van der Waals surface area (Å²) in [6, 6.07) is 0. The molecule has 1 rings (SSSR count). The number of nitrogens with one attached hydrogen (secondary N) is 1. The molecule has 0 heterocycles. The Bertz CT molecular complexity index is 225. The first kappa shape index (κ1) is 10.2. The van der Waals surface area contributed by atoms with Crippen LogP contribution in [-0.2, 0) is 4.79 Å². The Morgan fingerprint density at radius 2 is 2.33 bits per heavy atom. The van der Waals surface area contributed by atoms with Crippen molar-refractivity contribution in [3.63, 3.8) is 0 Å². The van der Waals surface area contributed by atoms with Crippen LogP contribution in [0.4, 0.5) is 0 Å². The summed E-state index contributed by atoms with van der Waals surface area (Å²) in [6.07, 6.45) is 8.14. The molecule has 0 aromatic rings. The molecule has 2 nitrogen and oxygen atoms in total. The fraction of sp³-hybridized carbons (Fsp3) is 0.375. The van der Waals surface area contributed by atoms with Crippen LogP contribution in [0.3, 0.4) is 0 Å². The summed E-state index contributed by atoms with van der Waals surface area (Å²) in [4.78, 5) is 10.2. The molecule has 0 saturated heterocycles. The Hall–Kier alpha value is 0.145. The summed E-state index contributed by atoms with van der Waals surface area (Å²) in [5.41, 5.74) is 1.40. The van der Waals surface area contributed by atoms with Crippen molar-refractivity contribution in [2.45, 2.75) is 15.7 Å². The second-order valence-corrected chi connectivity index (χ2v) is 3.24. The number of carbonyl (C=O) groups is 1. The van der Waals surface area contributed by atoms with Gasteiger partial charge in [-0.3, -0.25) is 0 Å². The molecule has 1 aliphatic carbocycles. The van der Waals surface area contributed by atoms with E-state index in [0.717, 1.165) is 12.8 Å². The summed E-state index contributed by atoms with van der Waals surface area (Å²) in [7, 11) is 0. The SMILES string of the molecule is [Li][CH](NC=O)[CH]([Li])C1=CC=CC1. The molecule has 1 aliphatic rings. The molecule has 0 aromatic heterocycles. The molecule has 4 heteroatoms. The van der Waals surface area contributed by atoms with Crippen molar-refractivity contribution < 1.29 is 4.79 Å². The van der Waals surface area contributed by atoms with Gasteiger partial charge in [-0.2, -0.15) is 0 Å². The van der Waals surface area contributed by atoms with Crippen molar-refractivity contribution in [3.05, 3.63) is 23.8 Å². The van der Waals surface area contributed by atoms with Gasteiger partial charge in [-0.25, -0.2) is 0 Å². The van der Waals surface area contributed by atoms with E-state index in [1.807, 2.05) is 17.7 Å². The minimum absolute atomic E-state index is 0.230. The summed E-state index contributed by atoms with van der Waals surface area (Å²) in [5, 5.41) is 2.77. The molecule has 0 fully saturated rings. The van der Waals surface area contributed by atoms with Gasteiger partial charge >= 0.3 is 91.5 Å². The summed E-state index contributed by atoms with van der Waals surface area (Å²) in [5.74, 6) is 0. The Morgan fingerprint density at radius 1 is 1.58 bits per heavy atom. The topological polar surface area (TPSA) is 29.1 Å². The van der Waals surface area contributed by atoms with Crippen LogP contribution < -0.4 is 5.32 Å². The van der Waals surface area contributed by atoms with E-state index in [-0.39, 0.29) is 4.71 Å². The van der Waals surface area contributed by atoms with E-state index in [9.17, 15) is 4.79 Å². The van der Waals surface area contributed by atoms with Gasteiger partial charge in [0.15, 0.2) is 0 Å². The van der Waals surface area contributed by atoms with E-state index in [4.69, 9.17) is 0 Å². The normalized spacial score (nSPS) is 20.2. The van der Waals surface area contributed by atoms with Crippen LogP contribution in [0.5, 0.6) is 0 Å². The Morgan fingerprint density at radius 3 is 2.83 bits per heavy atom. The van der Waals surface area contributed by atoms with Gasteiger partial charge in [-0.1, -0.05) is 0 Å². The van der Waals surface area contributed by atoms with Crippen molar-refractivity contribution in [1.82, 2.24) is 5.32 Å². The molecule has 1 amide bonds.